The largest absolute Gasteiger partial charge is 0.399 e. The van der Waals surface area contributed by atoms with Crippen molar-refractivity contribution < 1.29 is 4.79 Å². The summed E-state index contributed by atoms with van der Waals surface area (Å²) in [6.07, 6.45) is 1.98. The summed E-state index contributed by atoms with van der Waals surface area (Å²) >= 11 is 4.95. The molecule has 0 saturated heterocycles. The zero-order chi connectivity index (χ0) is 10.7. The molecule has 0 radical (unpaired) electrons. The molecular weight excluding hydrogens is 262 g/mol. The van der Waals surface area contributed by atoms with Gasteiger partial charge in [-0.25, -0.2) is 0 Å². The van der Waals surface area contributed by atoms with Crippen LogP contribution in [0.3, 0.4) is 0 Å². The Morgan fingerprint density at radius 2 is 2.14 bits per heavy atom. The summed E-state index contributed by atoms with van der Waals surface area (Å²) in [6.45, 7) is 1.56. The van der Waals surface area contributed by atoms with Crippen LogP contribution in [0.1, 0.15) is 17.3 Å². The fourth-order valence-electron chi connectivity index (χ4n) is 1.14. The van der Waals surface area contributed by atoms with Gasteiger partial charge >= 0.3 is 0 Å². The van der Waals surface area contributed by atoms with E-state index in [0.717, 1.165) is 10.5 Å². The zero-order valence-corrected chi connectivity index (χ0v) is 10.5. The number of ketones is 1. The van der Waals surface area contributed by atoms with E-state index >= 15 is 0 Å². The third kappa shape index (κ3) is 2.75. The van der Waals surface area contributed by atoms with Crippen LogP contribution < -0.4 is 5.73 Å². The Morgan fingerprint density at radius 3 is 2.64 bits per heavy atom. The normalized spacial score (nSPS) is 12.5. The second kappa shape index (κ2) is 4.84. The number of hydrogen-bond acceptors (Lipinski definition) is 3. The molecule has 0 heterocycles. The van der Waals surface area contributed by atoms with E-state index < -0.39 is 0 Å². The number of halogens is 1. The predicted octanol–water partition coefficient (Wildman–Crippen LogP) is 3.02. The number of anilines is 1. The molecule has 1 rings (SSSR count). The number of thioether (sulfide) groups is 1. The molecule has 0 aliphatic heterocycles. The van der Waals surface area contributed by atoms with Crippen molar-refractivity contribution in [3.63, 3.8) is 0 Å². The van der Waals surface area contributed by atoms with Gasteiger partial charge in [-0.1, -0.05) is 15.9 Å². The van der Waals surface area contributed by atoms with Crippen LogP contribution in [0.25, 0.3) is 0 Å². The molecule has 0 fully saturated rings. The van der Waals surface area contributed by atoms with E-state index in [1.807, 2.05) is 24.5 Å². The number of hydrogen-bond donors (Lipinski definition) is 1. The SMILES string of the molecule is CSc1cc(N)cc(C(Br)C(C)=O)c1. The predicted molar refractivity (Wildman–Crippen MR) is 65.0 cm³/mol. The van der Waals surface area contributed by atoms with E-state index in [0.29, 0.717) is 5.69 Å². The first-order valence-corrected chi connectivity index (χ1v) is 6.27. The van der Waals surface area contributed by atoms with Gasteiger partial charge in [-0.2, -0.15) is 0 Å². The van der Waals surface area contributed by atoms with Crippen molar-refractivity contribution in [3.05, 3.63) is 23.8 Å². The first-order valence-electron chi connectivity index (χ1n) is 4.13. The van der Waals surface area contributed by atoms with Gasteiger partial charge in [-0.15, -0.1) is 11.8 Å². The van der Waals surface area contributed by atoms with Crippen LogP contribution in [0.4, 0.5) is 5.69 Å². The van der Waals surface area contributed by atoms with E-state index in [-0.39, 0.29) is 10.6 Å². The minimum absolute atomic E-state index is 0.0858. The fraction of sp³-hybridized carbons (Fsp3) is 0.300. The summed E-state index contributed by atoms with van der Waals surface area (Å²) in [5, 5.41) is 0. The Labute approximate surface area is 96.4 Å². The molecule has 0 aromatic heterocycles. The number of rotatable bonds is 3. The lowest BCUT2D eigenvalue weighted by molar-refractivity contribution is -0.116. The lowest BCUT2D eigenvalue weighted by atomic mass is 10.1. The van der Waals surface area contributed by atoms with Gasteiger partial charge in [0.05, 0.1) is 4.83 Å². The fourth-order valence-corrected chi connectivity index (χ4v) is 1.92. The molecule has 0 saturated carbocycles. The average molecular weight is 274 g/mol. The van der Waals surface area contributed by atoms with E-state index in [2.05, 4.69) is 15.9 Å². The van der Waals surface area contributed by atoms with Crippen LogP contribution in [-0.2, 0) is 4.79 Å². The molecule has 1 unspecified atom stereocenters. The van der Waals surface area contributed by atoms with Gasteiger partial charge in [0.1, 0.15) is 5.78 Å². The summed E-state index contributed by atoms with van der Waals surface area (Å²) in [5.41, 5.74) is 7.34. The Bertz CT molecular complexity index is 354. The molecule has 0 aliphatic rings. The van der Waals surface area contributed by atoms with Crippen molar-refractivity contribution in [1.82, 2.24) is 0 Å². The Kier molecular flexibility index (Phi) is 4.01. The Morgan fingerprint density at radius 1 is 1.50 bits per heavy atom. The molecule has 0 spiro atoms. The second-order valence-electron chi connectivity index (χ2n) is 3.01. The Balaban J connectivity index is 3.08. The van der Waals surface area contributed by atoms with Crippen molar-refractivity contribution in [2.75, 3.05) is 12.0 Å². The van der Waals surface area contributed by atoms with E-state index in [1.54, 1.807) is 18.7 Å². The maximum absolute atomic E-state index is 11.2. The number of benzene rings is 1. The van der Waals surface area contributed by atoms with Crippen molar-refractivity contribution in [1.29, 1.82) is 0 Å². The summed E-state index contributed by atoms with van der Waals surface area (Å²) in [6, 6.07) is 5.69. The quantitative estimate of drug-likeness (QED) is 0.523. The van der Waals surface area contributed by atoms with Crippen molar-refractivity contribution in [2.45, 2.75) is 16.6 Å². The van der Waals surface area contributed by atoms with E-state index in [1.165, 1.54) is 0 Å². The summed E-state index contributed by atoms with van der Waals surface area (Å²) in [7, 11) is 0. The standard InChI is InChI=1S/C10H12BrNOS/c1-6(13)10(11)7-3-8(12)5-9(4-7)14-2/h3-5,10H,12H2,1-2H3. The molecule has 0 aliphatic carbocycles. The van der Waals surface area contributed by atoms with E-state index in [9.17, 15) is 4.79 Å². The molecule has 2 nitrogen and oxygen atoms in total. The Hall–Kier alpha value is -0.480. The molecule has 0 amide bonds. The second-order valence-corrected chi connectivity index (χ2v) is 4.81. The number of carbonyl (C=O) groups excluding carboxylic acids is 1. The van der Waals surface area contributed by atoms with Crippen molar-refractivity contribution in [2.24, 2.45) is 0 Å². The van der Waals surface area contributed by atoms with Crippen LogP contribution in [0.15, 0.2) is 23.1 Å². The summed E-state index contributed by atoms with van der Waals surface area (Å²) in [4.78, 5) is 12.0. The van der Waals surface area contributed by atoms with Crippen LogP contribution in [-0.4, -0.2) is 12.0 Å². The van der Waals surface area contributed by atoms with Crippen LogP contribution >= 0.6 is 27.7 Å². The first-order chi connectivity index (χ1) is 6.54. The van der Waals surface area contributed by atoms with Gasteiger partial charge in [0.2, 0.25) is 0 Å². The lowest BCUT2D eigenvalue weighted by Gasteiger charge is -2.09. The molecule has 0 bridgehead atoms. The smallest absolute Gasteiger partial charge is 0.147 e. The highest BCUT2D eigenvalue weighted by molar-refractivity contribution is 9.09. The maximum Gasteiger partial charge on any atom is 0.147 e. The average Bonchev–Trinajstić information content (AvgIpc) is 2.15. The van der Waals surface area contributed by atoms with Gasteiger partial charge in [-0.05, 0) is 36.9 Å². The van der Waals surface area contributed by atoms with Gasteiger partial charge < -0.3 is 5.73 Å². The third-order valence-electron chi connectivity index (χ3n) is 1.84. The number of carbonyl (C=O) groups is 1. The van der Waals surface area contributed by atoms with Crippen molar-refractivity contribution >= 4 is 39.2 Å². The molecular formula is C10H12BrNOS. The van der Waals surface area contributed by atoms with E-state index in [4.69, 9.17) is 5.73 Å². The van der Waals surface area contributed by atoms with Crippen LogP contribution in [0.2, 0.25) is 0 Å². The van der Waals surface area contributed by atoms with Crippen LogP contribution in [0.5, 0.6) is 0 Å². The molecule has 2 N–H and O–H groups in total. The van der Waals surface area contributed by atoms with Crippen molar-refractivity contribution in [3.8, 4) is 0 Å². The maximum atomic E-state index is 11.2. The highest BCUT2D eigenvalue weighted by atomic mass is 79.9. The van der Waals surface area contributed by atoms with Crippen LogP contribution in [0, 0.1) is 0 Å². The monoisotopic (exact) mass is 273 g/mol. The van der Waals surface area contributed by atoms with Gasteiger partial charge in [0, 0.05) is 10.6 Å². The van der Waals surface area contributed by atoms with Gasteiger partial charge in [0.25, 0.3) is 0 Å². The zero-order valence-electron chi connectivity index (χ0n) is 8.08. The molecule has 1 aromatic carbocycles. The summed E-state index contributed by atoms with van der Waals surface area (Å²) < 4.78 is 0. The molecule has 76 valence electrons. The van der Waals surface area contributed by atoms with Gasteiger partial charge in [-0.3, -0.25) is 4.79 Å². The number of alkyl halides is 1. The molecule has 14 heavy (non-hydrogen) atoms. The highest BCUT2D eigenvalue weighted by Crippen LogP contribution is 2.29. The number of nitrogens with two attached hydrogens (primary N) is 1. The molecule has 4 heteroatoms. The molecule has 1 atom stereocenters. The summed E-state index contributed by atoms with van der Waals surface area (Å²) in [5.74, 6) is 0.0858. The van der Waals surface area contributed by atoms with Gasteiger partial charge in [0.15, 0.2) is 0 Å². The first kappa shape index (κ1) is 11.6. The minimum atomic E-state index is -0.253. The number of Topliss-reactive ketones (excluding diaryl/α,β-unsaturated/α-hetero) is 1. The highest BCUT2D eigenvalue weighted by Gasteiger charge is 2.13. The number of nitrogen functional groups attached to an aromatic ring is 1. The lowest BCUT2D eigenvalue weighted by Crippen LogP contribution is -2.02. The molecule has 1 aromatic rings. The third-order valence-corrected chi connectivity index (χ3v) is 3.72. The minimum Gasteiger partial charge on any atom is -0.399 e. The topological polar surface area (TPSA) is 43.1 Å².